The molecule has 1 fully saturated rings. The maximum absolute atomic E-state index is 12.9. The first-order valence-electron chi connectivity index (χ1n) is 5.15. The van der Waals surface area contributed by atoms with Crippen molar-refractivity contribution < 1.29 is 8.78 Å². The zero-order valence-corrected chi connectivity index (χ0v) is 9.02. The summed E-state index contributed by atoms with van der Waals surface area (Å²) in [5.74, 6) is -2.47. The Bertz CT molecular complexity index is 177. The Balaban J connectivity index is 2.37. The van der Waals surface area contributed by atoms with Crippen LogP contribution < -0.4 is 5.73 Å². The summed E-state index contributed by atoms with van der Waals surface area (Å²) in [4.78, 5) is 2.04. The molecule has 2 nitrogen and oxygen atoms in total. The van der Waals surface area contributed by atoms with Gasteiger partial charge < -0.3 is 10.6 Å². The molecule has 0 unspecified atom stereocenters. The molecule has 0 spiro atoms. The van der Waals surface area contributed by atoms with Gasteiger partial charge in [-0.25, -0.2) is 8.78 Å². The fraction of sp³-hybridized carbons (Fsp3) is 1.00. The van der Waals surface area contributed by atoms with Crippen LogP contribution in [0.3, 0.4) is 0 Å². The Hall–Kier alpha value is -0.220. The van der Waals surface area contributed by atoms with Crippen molar-refractivity contribution in [3.8, 4) is 0 Å². The summed E-state index contributed by atoms with van der Waals surface area (Å²) >= 11 is 0. The summed E-state index contributed by atoms with van der Waals surface area (Å²) in [5, 5.41) is 0. The van der Waals surface area contributed by atoms with E-state index in [1.807, 2.05) is 19.0 Å². The van der Waals surface area contributed by atoms with Gasteiger partial charge in [0, 0.05) is 18.4 Å². The second kappa shape index (κ2) is 4.11. The molecular weight excluding hydrogens is 186 g/mol. The summed E-state index contributed by atoms with van der Waals surface area (Å²) in [6.07, 6.45) is 1.63. The highest BCUT2D eigenvalue weighted by molar-refractivity contribution is 4.92. The van der Waals surface area contributed by atoms with Gasteiger partial charge in [-0.15, -0.1) is 0 Å². The first-order valence-corrected chi connectivity index (χ1v) is 5.15. The predicted octanol–water partition coefficient (Wildman–Crippen LogP) is 1.84. The van der Waals surface area contributed by atoms with E-state index in [1.54, 1.807) is 0 Å². The smallest absolute Gasteiger partial charge is 0.248 e. The molecule has 0 amide bonds. The van der Waals surface area contributed by atoms with Gasteiger partial charge in [0.1, 0.15) is 0 Å². The molecule has 14 heavy (non-hydrogen) atoms. The van der Waals surface area contributed by atoms with Gasteiger partial charge in [-0.3, -0.25) is 0 Å². The van der Waals surface area contributed by atoms with Crippen LogP contribution in [-0.2, 0) is 0 Å². The third-order valence-corrected chi connectivity index (χ3v) is 3.03. The molecular formula is C10H20F2N2. The van der Waals surface area contributed by atoms with Gasteiger partial charge in [-0.2, -0.15) is 0 Å². The van der Waals surface area contributed by atoms with E-state index in [1.165, 1.54) is 0 Å². The van der Waals surface area contributed by atoms with Crippen molar-refractivity contribution in [2.24, 2.45) is 5.73 Å². The minimum absolute atomic E-state index is 0.0447. The van der Waals surface area contributed by atoms with Gasteiger partial charge in [0.2, 0.25) is 5.92 Å². The molecule has 0 atom stereocenters. The topological polar surface area (TPSA) is 29.3 Å². The van der Waals surface area contributed by atoms with Crippen LogP contribution in [0.1, 0.15) is 32.1 Å². The van der Waals surface area contributed by atoms with E-state index in [0.29, 0.717) is 12.8 Å². The van der Waals surface area contributed by atoms with E-state index in [4.69, 9.17) is 5.73 Å². The molecule has 0 saturated heterocycles. The average Bonchev–Trinajstić information content (AvgIpc) is 2.08. The van der Waals surface area contributed by atoms with Gasteiger partial charge in [0.25, 0.3) is 0 Å². The first-order chi connectivity index (χ1) is 6.33. The van der Waals surface area contributed by atoms with Crippen molar-refractivity contribution in [3.05, 3.63) is 0 Å². The van der Waals surface area contributed by atoms with Crippen molar-refractivity contribution in [2.45, 2.75) is 43.6 Å². The molecule has 1 aliphatic rings. The third-order valence-electron chi connectivity index (χ3n) is 3.03. The van der Waals surface area contributed by atoms with Crippen molar-refractivity contribution in [1.82, 2.24) is 4.90 Å². The maximum atomic E-state index is 12.9. The molecule has 0 aromatic carbocycles. The second-order valence-electron chi connectivity index (χ2n) is 4.77. The van der Waals surface area contributed by atoms with Crippen LogP contribution in [0.4, 0.5) is 8.78 Å². The van der Waals surface area contributed by atoms with E-state index < -0.39 is 5.92 Å². The molecule has 0 aromatic rings. The van der Waals surface area contributed by atoms with Crippen LogP contribution >= 0.6 is 0 Å². The quantitative estimate of drug-likeness (QED) is 0.763. The minimum Gasteiger partial charge on any atom is -0.325 e. The van der Waals surface area contributed by atoms with Crippen LogP contribution in [0.25, 0.3) is 0 Å². The largest absolute Gasteiger partial charge is 0.325 e. The normalized spacial score (nSPS) is 25.3. The zero-order chi connectivity index (χ0) is 10.8. The van der Waals surface area contributed by atoms with Crippen LogP contribution in [-0.4, -0.2) is 37.0 Å². The van der Waals surface area contributed by atoms with Gasteiger partial charge in [-0.05, 0) is 39.9 Å². The SMILES string of the molecule is CN(C)CCC1(N)CCC(F)(F)CC1. The molecule has 0 radical (unpaired) electrons. The average molecular weight is 206 g/mol. The van der Waals surface area contributed by atoms with Gasteiger partial charge in [0.15, 0.2) is 0 Å². The van der Waals surface area contributed by atoms with Crippen LogP contribution in [0.2, 0.25) is 0 Å². The van der Waals surface area contributed by atoms with Crippen molar-refractivity contribution in [3.63, 3.8) is 0 Å². The van der Waals surface area contributed by atoms with Crippen molar-refractivity contribution >= 4 is 0 Å². The highest BCUT2D eigenvalue weighted by Gasteiger charge is 2.40. The Labute approximate surface area is 84.4 Å². The Morgan fingerprint density at radius 2 is 1.64 bits per heavy atom. The molecule has 1 aliphatic carbocycles. The standard InChI is InChI=1S/C10H20F2N2/c1-14(2)8-7-9(13)3-5-10(11,12)6-4-9/h3-8,13H2,1-2H3. The van der Waals surface area contributed by atoms with Crippen molar-refractivity contribution in [1.29, 1.82) is 0 Å². The van der Waals surface area contributed by atoms with Gasteiger partial charge in [0.05, 0.1) is 0 Å². The maximum Gasteiger partial charge on any atom is 0.248 e. The van der Waals surface area contributed by atoms with E-state index in [9.17, 15) is 8.78 Å². The highest BCUT2D eigenvalue weighted by atomic mass is 19.3. The zero-order valence-electron chi connectivity index (χ0n) is 9.02. The number of nitrogens with two attached hydrogens (primary N) is 1. The van der Waals surface area contributed by atoms with Crippen LogP contribution in [0.5, 0.6) is 0 Å². The summed E-state index contributed by atoms with van der Waals surface area (Å²) in [6.45, 7) is 0.877. The molecule has 4 heteroatoms. The molecule has 0 aliphatic heterocycles. The summed E-state index contributed by atoms with van der Waals surface area (Å²) in [5.41, 5.74) is 5.71. The molecule has 1 rings (SSSR count). The number of hydrogen-bond donors (Lipinski definition) is 1. The second-order valence-corrected chi connectivity index (χ2v) is 4.77. The van der Waals surface area contributed by atoms with Crippen LogP contribution in [0.15, 0.2) is 0 Å². The Morgan fingerprint density at radius 3 is 2.07 bits per heavy atom. The number of alkyl halides is 2. The molecule has 0 heterocycles. The molecule has 2 N–H and O–H groups in total. The summed E-state index contributed by atoms with van der Waals surface area (Å²) in [6, 6.07) is 0. The lowest BCUT2D eigenvalue weighted by atomic mass is 9.78. The molecule has 0 aromatic heterocycles. The Kier molecular flexibility index (Phi) is 3.48. The van der Waals surface area contributed by atoms with E-state index >= 15 is 0 Å². The van der Waals surface area contributed by atoms with E-state index in [-0.39, 0.29) is 18.4 Å². The lowest BCUT2D eigenvalue weighted by Crippen LogP contribution is -2.47. The molecule has 1 saturated carbocycles. The number of halogens is 2. The number of hydrogen-bond acceptors (Lipinski definition) is 2. The molecule has 84 valence electrons. The van der Waals surface area contributed by atoms with Gasteiger partial charge in [-0.1, -0.05) is 0 Å². The van der Waals surface area contributed by atoms with E-state index in [0.717, 1.165) is 13.0 Å². The fourth-order valence-electron chi connectivity index (χ4n) is 1.81. The monoisotopic (exact) mass is 206 g/mol. The lowest BCUT2D eigenvalue weighted by molar-refractivity contribution is -0.0520. The predicted molar refractivity (Wildman–Crippen MR) is 53.5 cm³/mol. The third kappa shape index (κ3) is 3.50. The van der Waals surface area contributed by atoms with E-state index in [2.05, 4.69) is 0 Å². The first kappa shape index (κ1) is 11.9. The van der Waals surface area contributed by atoms with Crippen molar-refractivity contribution in [2.75, 3.05) is 20.6 Å². The number of rotatable bonds is 3. The Morgan fingerprint density at radius 1 is 1.14 bits per heavy atom. The molecule has 0 bridgehead atoms. The fourth-order valence-corrected chi connectivity index (χ4v) is 1.81. The van der Waals surface area contributed by atoms with Gasteiger partial charge >= 0.3 is 0 Å². The number of nitrogens with zero attached hydrogens (tertiary/aromatic N) is 1. The lowest BCUT2D eigenvalue weighted by Gasteiger charge is -2.37. The summed E-state index contributed by atoms with van der Waals surface area (Å²) < 4.78 is 25.8. The highest BCUT2D eigenvalue weighted by Crippen LogP contribution is 2.38. The van der Waals surface area contributed by atoms with Crippen LogP contribution in [0, 0.1) is 0 Å². The minimum atomic E-state index is -2.47. The summed E-state index contributed by atoms with van der Waals surface area (Å²) in [7, 11) is 3.95.